The van der Waals surface area contributed by atoms with E-state index in [1.807, 2.05) is 19.1 Å². The van der Waals surface area contributed by atoms with Crippen molar-refractivity contribution in [3.05, 3.63) is 56.8 Å². The molecule has 5 rings (SSSR count). The number of H-pyrrole nitrogens is 1. The fraction of sp³-hybridized carbons (Fsp3) is 0.211. The summed E-state index contributed by atoms with van der Waals surface area (Å²) in [7, 11) is 0. The van der Waals surface area contributed by atoms with E-state index in [0.29, 0.717) is 46.6 Å². The second-order valence-electron chi connectivity index (χ2n) is 6.95. The number of aromatic amines is 1. The molecule has 0 aliphatic carbocycles. The molecule has 5 aromatic rings. The van der Waals surface area contributed by atoms with Crippen molar-refractivity contribution < 1.29 is 9.02 Å². The Labute approximate surface area is 173 Å². The molecular weight excluding hydrogens is 409 g/mol. The molecule has 152 valence electrons. The van der Waals surface area contributed by atoms with Gasteiger partial charge in [0.2, 0.25) is 10.5 Å². The molecule has 0 fully saturated rings. The van der Waals surface area contributed by atoms with Gasteiger partial charge in [-0.1, -0.05) is 6.07 Å². The molecule has 11 heteroatoms. The third-order valence-electron chi connectivity index (χ3n) is 5.06. The first-order chi connectivity index (χ1) is 14.5. The van der Waals surface area contributed by atoms with Crippen molar-refractivity contribution in [3.8, 4) is 0 Å². The van der Waals surface area contributed by atoms with E-state index >= 15 is 0 Å². The van der Waals surface area contributed by atoms with Crippen LogP contribution in [0.3, 0.4) is 0 Å². The van der Waals surface area contributed by atoms with Gasteiger partial charge in [0.25, 0.3) is 5.56 Å². The Balaban J connectivity index is 1.44. The van der Waals surface area contributed by atoms with E-state index in [-0.39, 0.29) is 10.9 Å². The van der Waals surface area contributed by atoms with E-state index in [2.05, 4.69) is 25.8 Å². The molecule has 3 heterocycles. The van der Waals surface area contributed by atoms with Crippen LogP contribution in [0.4, 0.5) is 10.1 Å². The third kappa shape index (κ3) is 2.86. The zero-order valence-corrected chi connectivity index (χ0v) is 16.7. The molecule has 0 bridgehead atoms. The quantitative estimate of drug-likeness (QED) is 0.329. The second kappa shape index (κ2) is 7.02. The number of anilines is 1. The standard InChI is InChI=1S/C19H16FN7O2S/c1-10-3-5-13(16-15(10)24-29-25-16)21-7-2-8-26-17(28)12-9-11(20)4-6-14(12)27-18(26)22-23-19(27)30/h3-6,9,21H,2,7-8H2,1H3,(H,23,30). The Kier molecular flexibility index (Phi) is 4.31. The molecule has 0 unspecified atom stereocenters. The summed E-state index contributed by atoms with van der Waals surface area (Å²) in [5, 5.41) is 18.3. The summed E-state index contributed by atoms with van der Waals surface area (Å²) in [5.41, 5.74) is 3.35. The summed E-state index contributed by atoms with van der Waals surface area (Å²) in [6.07, 6.45) is 0.608. The fourth-order valence-electron chi connectivity index (χ4n) is 3.59. The number of aromatic nitrogens is 6. The summed E-state index contributed by atoms with van der Waals surface area (Å²) in [5.74, 6) is -0.0886. The number of fused-ring (bicyclic) bond motifs is 4. The van der Waals surface area contributed by atoms with Gasteiger partial charge in [0, 0.05) is 13.1 Å². The van der Waals surface area contributed by atoms with Crippen molar-refractivity contribution in [3.63, 3.8) is 0 Å². The first-order valence-corrected chi connectivity index (χ1v) is 9.70. The van der Waals surface area contributed by atoms with E-state index in [1.54, 1.807) is 4.40 Å². The van der Waals surface area contributed by atoms with Crippen LogP contribution in [0.2, 0.25) is 0 Å². The predicted octanol–water partition coefficient (Wildman–Crippen LogP) is 3.19. The lowest BCUT2D eigenvalue weighted by Crippen LogP contribution is -2.24. The molecule has 0 spiro atoms. The highest BCUT2D eigenvalue weighted by molar-refractivity contribution is 7.71. The minimum absolute atomic E-state index is 0.252. The lowest BCUT2D eigenvalue weighted by molar-refractivity contribution is 0.315. The van der Waals surface area contributed by atoms with Crippen LogP contribution < -0.4 is 10.9 Å². The van der Waals surface area contributed by atoms with Crippen LogP contribution in [0.1, 0.15) is 12.0 Å². The average Bonchev–Trinajstić information content (AvgIpc) is 3.37. The Bertz CT molecular complexity index is 1530. The van der Waals surface area contributed by atoms with Gasteiger partial charge in [0.15, 0.2) is 5.52 Å². The number of rotatable bonds is 5. The van der Waals surface area contributed by atoms with E-state index in [4.69, 9.17) is 16.8 Å². The maximum atomic E-state index is 13.8. The van der Waals surface area contributed by atoms with Crippen LogP contribution in [0, 0.1) is 17.5 Å². The number of benzene rings is 2. The molecular formula is C19H16FN7O2S. The van der Waals surface area contributed by atoms with E-state index < -0.39 is 5.82 Å². The number of nitrogens with one attached hydrogen (secondary N) is 2. The Hall–Kier alpha value is -3.60. The first-order valence-electron chi connectivity index (χ1n) is 9.29. The Morgan fingerprint density at radius 1 is 1.23 bits per heavy atom. The maximum Gasteiger partial charge on any atom is 0.262 e. The molecule has 30 heavy (non-hydrogen) atoms. The summed E-state index contributed by atoms with van der Waals surface area (Å²) in [6, 6.07) is 7.90. The molecule has 0 saturated heterocycles. The monoisotopic (exact) mass is 425 g/mol. The fourth-order valence-corrected chi connectivity index (χ4v) is 3.82. The smallest absolute Gasteiger partial charge is 0.262 e. The van der Waals surface area contributed by atoms with Gasteiger partial charge in [-0.15, -0.1) is 5.10 Å². The summed E-state index contributed by atoms with van der Waals surface area (Å²) in [4.78, 5) is 13.0. The largest absolute Gasteiger partial charge is 0.383 e. The highest BCUT2D eigenvalue weighted by Gasteiger charge is 2.14. The number of hydrogen-bond acceptors (Lipinski definition) is 7. The Morgan fingerprint density at radius 3 is 2.93 bits per heavy atom. The van der Waals surface area contributed by atoms with Gasteiger partial charge in [-0.2, -0.15) is 0 Å². The molecule has 2 N–H and O–H groups in total. The third-order valence-corrected chi connectivity index (χ3v) is 5.34. The lowest BCUT2D eigenvalue weighted by atomic mass is 10.2. The van der Waals surface area contributed by atoms with Crippen LogP contribution in [0.5, 0.6) is 0 Å². The van der Waals surface area contributed by atoms with Gasteiger partial charge >= 0.3 is 0 Å². The van der Waals surface area contributed by atoms with Gasteiger partial charge in [0.1, 0.15) is 11.3 Å². The van der Waals surface area contributed by atoms with Crippen LogP contribution in [-0.4, -0.2) is 36.0 Å². The minimum Gasteiger partial charge on any atom is -0.383 e. The molecule has 0 saturated carbocycles. The summed E-state index contributed by atoms with van der Waals surface area (Å²) >= 11 is 5.30. The number of nitrogens with zero attached hydrogens (tertiary/aromatic N) is 5. The van der Waals surface area contributed by atoms with Crippen molar-refractivity contribution in [2.45, 2.75) is 19.9 Å². The SMILES string of the molecule is Cc1ccc(NCCCn2c(=O)c3cc(F)ccc3n3c(=S)[nH]nc23)c2nonc12. The lowest BCUT2D eigenvalue weighted by Gasteiger charge is -2.11. The van der Waals surface area contributed by atoms with Gasteiger partial charge < -0.3 is 5.32 Å². The molecule has 2 aromatic carbocycles. The van der Waals surface area contributed by atoms with Crippen LogP contribution >= 0.6 is 12.2 Å². The molecule has 0 aliphatic rings. The topological polar surface area (TPSA) is 106 Å². The van der Waals surface area contributed by atoms with E-state index in [0.717, 1.165) is 11.3 Å². The normalized spacial score (nSPS) is 11.7. The zero-order chi connectivity index (χ0) is 20.8. The van der Waals surface area contributed by atoms with Gasteiger partial charge in [-0.25, -0.2) is 14.1 Å². The van der Waals surface area contributed by atoms with Crippen LogP contribution in [0.25, 0.3) is 27.7 Å². The van der Waals surface area contributed by atoms with Crippen molar-refractivity contribution in [2.75, 3.05) is 11.9 Å². The highest BCUT2D eigenvalue weighted by Crippen LogP contribution is 2.23. The van der Waals surface area contributed by atoms with Crippen molar-refractivity contribution in [2.24, 2.45) is 0 Å². The minimum atomic E-state index is -0.480. The molecule has 0 aliphatic heterocycles. The molecule has 9 nitrogen and oxygen atoms in total. The number of halogens is 1. The van der Waals surface area contributed by atoms with Crippen molar-refractivity contribution in [1.82, 2.24) is 29.5 Å². The number of aryl methyl sites for hydroxylation is 2. The van der Waals surface area contributed by atoms with Crippen molar-refractivity contribution >= 4 is 45.6 Å². The maximum absolute atomic E-state index is 13.8. The zero-order valence-electron chi connectivity index (χ0n) is 15.8. The molecule has 0 atom stereocenters. The molecule has 0 amide bonds. The molecule has 3 aromatic heterocycles. The highest BCUT2D eigenvalue weighted by atomic mass is 32.1. The summed E-state index contributed by atoms with van der Waals surface area (Å²) < 4.78 is 22.1. The summed E-state index contributed by atoms with van der Waals surface area (Å²) in [6.45, 7) is 2.87. The molecule has 0 radical (unpaired) electrons. The van der Waals surface area contributed by atoms with Crippen molar-refractivity contribution in [1.29, 1.82) is 0 Å². The van der Waals surface area contributed by atoms with Crippen LogP contribution in [0.15, 0.2) is 39.8 Å². The van der Waals surface area contributed by atoms with Gasteiger partial charge in [0.05, 0.1) is 16.6 Å². The van der Waals surface area contributed by atoms with E-state index in [9.17, 15) is 9.18 Å². The predicted molar refractivity (Wildman–Crippen MR) is 112 cm³/mol. The van der Waals surface area contributed by atoms with Gasteiger partial charge in [-0.3, -0.25) is 13.8 Å². The average molecular weight is 425 g/mol. The first kappa shape index (κ1) is 18.4. The van der Waals surface area contributed by atoms with E-state index in [1.165, 1.54) is 22.8 Å². The number of hydrogen-bond donors (Lipinski definition) is 2. The van der Waals surface area contributed by atoms with Gasteiger partial charge in [-0.05, 0) is 65.7 Å². The van der Waals surface area contributed by atoms with Crippen LogP contribution in [-0.2, 0) is 6.54 Å². The second-order valence-corrected chi connectivity index (χ2v) is 7.34. The Morgan fingerprint density at radius 2 is 2.07 bits per heavy atom.